The van der Waals surface area contributed by atoms with Crippen molar-refractivity contribution in [3.05, 3.63) is 24.6 Å². The predicted octanol–water partition coefficient (Wildman–Crippen LogP) is 3.29. The third-order valence-electron chi connectivity index (χ3n) is 1.53. The lowest BCUT2D eigenvalue weighted by Crippen LogP contribution is -2.01. The zero-order valence-corrected chi connectivity index (χ0v) is 11.1. The molecule has 0 amide bonds. The summed E-state index contributed by atoms with van der Waals surface area (Å²) in [5, 5.41) is 8.45. The van der Waals surface area contributed by atoms with Crippen molar-refractivity contribution in [2.45, 2.75) is 12.8 Å². The van der Waals surface area contributed by atoms with Crippen LogP contribution in [0.5, 0.6) is 0 Å². The van der Waals surface area contributed by atoms with Gasteiger partial charge in [0.2, 0.25) is 0 Å². The molecule has 14 heavy (non-hydrogen) atoms. The summed E-state index contributed by atoms with van der Waals surface area (Å²) in [6.07, 6.45) is -2.65. The van der Waals surface area contributed by atoms with E-state index in [0.717, 1.165) is 0 Å². The molecular formula is C8H4F2I2N2. The van der Waals surface area contributed by atoms with E-state index >= 15 is 0 Å². The van der Waals surface area contributed by atoms with Gasteiger partial charge in [0.15, 0.2) is 0 Å². The van der Waals surface area contributed by atoms with Crippen LogP contribution in [0.4, 0.5) is 8.78 Å². The van der Waals surface area contributed by atoms with Crippen LogP contribution >= 0.6 is 45.2 Å². The van der Waals surface area contributed by atoms with Crippen LogP contribution in [0, 0.1) is 18.6 Å². The summed E-state index contributed by atoms with van der Waals surface area (Å²) < 4.78 is 26.3. The molecule has 1 heterocycles. The molecule has 0 fully saturated rings. The molecule has 74 valence electrons. The van der Waals surface area contributed by atoms with E-state index in [0.29, 0.717) is 7.27 Å². The highest BCUT2D eigenvalue weighted by molar-refractivity contribution is 14.1. The molecular weight excluding hydrogens is 416 g/mol. The molecule has 0 saturated carbocycles. The Balaban J connectivity index is 3.25. The summed E-state index contributed by atoms with van der Waals surface area (Å²) >= 11 is 3.90. The van der Waals surface area contributed by atoms with Crippen LogP contribution < -0.4 is 0 Å². The highest BCUT2D eigenvalue weighted by atomic mass is 127. The number of hydrogen-bond donors (Lipinski definition) is 0. The van der Waals surface area contributed by atoms with Crippen LogP contribution in [0.2, 0.25) is 0 Å². The van der Waals surface area contributed by atoms with Gasteiger partial charge in [0.1, 0.15) is 3.70 Å². The monoisotopic (exact) mass is 420 g/mol. The summed E-state index contributed by atoms with van der Waals surface area (Å²) in [6.45, 7) is 0. The summed E-state index contributed by atoms with van der Waals surface area (Å²) in [7, 11) is 0. The average Bonchev–Trinajstić information content (AvgIpc) is 2.11. The quantitative estimate of drug-likeness (QED) is 0.544. The first-order valence-corrected chi connectivity index (χ1v) is 5.72. The van der Waals surface area contributed by atoms with E-state index in [1.165, 1.54) is 6.07 Å². The van der Waals surface area contributed by atoms with Crippen molar-refractivity contribution in [1.29, 1.82) is 5.26 Å². The number of alkyl halides is 2. The van der Waals surface area contributed by atoms with Gasteiger partial charge in [-0.2, -0.15) is 5.26 Å². The van der Waals surface area contributed by atoms with Crippen molar-refractivity contribution >= 4 is 45.2 Å². The molecule has 0 bridgehead atoms. The van der Waals surface area contributed by atoms with Crippen molar-refractivity contribution in [3.63, 3.8) is 0 Å². The topological polar surface area (TPSA) is 36.7 Å². The van der Waals surface area contributed by atoms with Crippen molar-refractivity contribution in [2.24, 2.45) is 0 Å². The fourth-order valence-corrected chi connectivity index (χ4v) is 1.82. The number of aromatic nitrogens is 1. The molecule has 1 aromatic heterocycles. The molecule has 1 rings (SSSR count). The van der Waals surface area contributed by atoms with Gasteiger partial charge in [-0.05, 0) is 51.2 Å². The van der Waals surface area contributed by atoms with Crippen LogP contribution in [0.15, 0.2) is 6.07 Å². The fourth-order valence-electron chi connectivity index (χ4n) is 0.921. The Hall–Kier alpha value is -0.0400. The van der Waals surface area contributed by atoms with Crippen molar-refractivity contribution in [3.8, 4) is 6.07 Å². The van der Waals surface area contributed by atoms with Gasteiger partial charge in [-0.1, -0.05) is 0 Å². The number of pyridine rings is 1. The molecule has 0 atom stereocenters. The van der Waals surface area contributed by atoms with E-state index in [1.807, 2.05) is 51.3 Å². The van der Waals surface area contributed by atoms with Gasteiger partial charge in [0.05, 0.1) is 18.2 Å². The van der Waals surface area contributed by atoms with Crippen LogP contribution in [-0.4, -0.2) is 4.98 Å². The normalized spacial score (nSPS) is 10.3. The lowest BCUT2D eigenvalue weighted by Gasteiger charge is -2.06. The maximum absolute atomic E-state index is 12.5. The molecule has 0 aliphatic heterocycles. The molecule has 0 radical (unpaired) electrons. The molecule has 0 unspecified atom stereocenters. The molecule has 0 aromatic carbocycles. The average molecular weight is 420 g/mol. The van der Waals surface area contributed by atoms with E-state index < -0.39 is 6.43 Å². The molecule has 6 heteroatoms. The third kappa shape index (κ3) is 2.73. The second kappa shape index (κ2) is 5.16. The van der Waals surface area contributed by atoms with Gasteiger partial charge in [0, 0.05) is 9.13 Å². The number of rotatable bonds is 2. The minimum absolute atomic E-state index is 0.0768. The van der Waals surface area contributed by atoms with E-state index in [4.69, 9.17) is 5.26 Å². The largest absolute Gasteiger partial charge is 0.265 e. The Labute approximate surface area is 107 Å². The van der Waals surface area contributed by atoms with Gasteiger partial charge in [-0.15, -0.1) is 0 Å². The van der Waals surface area contributed by atoms with Crippen LogP contribution in [0.25, 0.3) is 0 Å². The second-order valence-electron chi connectivity index (χ2n) is 2.43. The summed E-state index contributed by atoms with van der Waals surface area (Å²) in [4.78, 5) is 3.96. The lowest BCUT2D eigenvalue weighted by atomic mass is 10.1. The third-order valence-corrected chi connectivity index (χ3v) is 4.20. The van der Waals surface area contributed by atoms with Crippen molar-refractivity contribution in [2.75, 3.05) is 0 Å². The molecule has 1 aromatic rings. The highest BCUT2D eigenvalue weighted by Gasteiger charge is 2.16. The van der Waals surface area contributed by atoms with Gasteiger partial charge in [-0.25, -0.2) is 13.8 Å². The lowest BCUT2D eigenvalue weighted by molar-refractivity contribution is 0.149. The first-order chi connectivity index (χ1) is 6.56. The molecule has 0 N–H and O–H groups in total. The molecule has 2 nitrogen and oxygen atoms in total. The number of nitriles is 1. The highest BCUT2D eigenvalue weighted by Crippen LogP contribution is 2.26. The summed E-state index contributed by atoms with van der Waals surface area (Å²) in [5.74, 6) is 0. The number of halogens is 4. The van der Waals surface area contributed by atoms with Crippen LogP contribution in [-0.2, 0) is 6.42 Å². The zero-order chi connectivity index (χ0) is 10.7. The summed E-state index contributed by atoms with van der Waals surface area (Å²) in [6, 6.07) is 3.21. The van der Waals surface area contributed by atoms with E-state index in [2.05, 4.69) is 4.98 Å². The van der Waals surface area contributed by atoms with Gasteiger partial charge >= 0.3 is 0 Å². The Morgan fingerprint density at radius 3 is 2.64 bits per heavy atom. The van der Waals surface area contributed by atoms with Crippen LogP contribution in [0.1, 0.15) is 17.7 Å². The SMILES string of the molecule is N#CCc1nc(I)c(I)cc1C(F)F. The smallest absolute Gasteiger partial charge is 0.244 e. The first-order valence-electron chi connectivity index (χ1n) is 3.56. The standard InChI is InChI=1S/C8H4F2I2N2/c9-7(10)4-3-5(11)8(12)14-6(4)1-2-13/h3,7H,1H2. The minimum Gasteiger partial charge on any atom is -0.244 e. The molecule has 0 spiro atoms. The Morgan fingerprint density at radius 1 is 1.50 bits per heavy atom. The Kier molecular flexibility index (Phi) is 4.43. The number of nitrogens with zero attached hydrogens (tertiary/aromatic N) is 2. The second-order valence-corrected chi connectivity index (χ2v) is 4.62. The van der Waals surface area contributed by atoms with Crippen molar-refractivity contribution < 1.29 is 8.78 Å². The van der Waals surface area contributed by atoms with E-state index in [-0.39, 0.29) is 17.7 Å². The Morgan fingerprint density at radius 2 is 2.14 bits per heavy atom. The zero-order valence-electron chi connectivity index (χ0n) is 6.77. The Bertz CT molecular complexity index is 388. The molecule has 0 aliphatic carbocycles. The maximum atomic E-state index is 12.5. The van der Waals surface area contributed by atoms with Gasteiger partial charge < -0.3 is 0 Å². The van der Waals surface area contributed by atoms with Crippen LogP contribution in [0.3, 0.4) is 0 Å². The maximum Gasteiger partial charge on any atom is 0.265 e. The molecule has 0 saturated heterocycles. The molecule has 0 aliphatic rings. The van der Waals surface area contributed by atoms with Gasteiger partial charge in [0.25, 0.3) is 6.43 Å². The minimum atomic E-state index is -2.57. The predicted molar refractivity (Wildman–Crippen MR) is 63.9 cm³/mol. The van der Waals surface area contributed by atoms with E-state index in [9.17, 15) is 8.78 Å². The van der Waals surface area contributed by atoms with Gasteiger partial charge in [-0.3, -0.25) is 0 Å². The van der Waals surface area contributed by atoms with E-state index in [1.54, 1.807) is 0 Å². The van der Waals surface area contributed by atoms with Crippen molar-refractivity contribution in [1.82, 2.24) is 4.98 Å². The first kappa shape index (κ1) is 12.0. The fraction of sp³-hybridized carbons (Fsp3) is 0.250. The summed E-state index contributed by atoms with van der Waals surface area (Å²) in [5.41, 5.74) is 0.0312. The number of hydrogen-bond acceptors (Lipinski definition) is 2.